The van der Waals surface area contributed by atoms with E-state index in [1.165, 1.54) is 5.56 Å². The summed E-state index contributed by atoms with van der Waals surface area (Å²) in [6, 6.07) is 8.21. The summed E-state index contributed by atoms with van der Waals surface area (Å²) in [6.45, 7) is 2.77. The molecule has 0 saturated carbocycles. The van der Waals surface area contributed by atoms with E-state index in [4.69, 9.17) is 4.74 Å². The maximum absolute atomic E-state index is 5.44. The van der Waals surface area contributed by atoms with Crippen LogP contribution in [0.5, 0.6) is 5.75 Å². The Morgan fingerprint density at radius 1 is 1.36 bits per heavy atom. The van der Waals surface area contributed by atoms with Crippen LogP contribution in [0.2, 0.25) is 0 Å². The fraction of sp³-hybridized carbons (Fsp3) is 0.333. The molecule has 0 fully saturated rings. The molecule has 1 unspecified atom stereocenters. The van der Waals surface area contributed by atoms with Gasteiger partial charge in [-0.3, -0.25) is 0 Å². The summed E-state index contributed by atoms with van der Waals surface area (Å²) < 4.78 is 5.44. The molecule has 11 heavy (non-hydrogen) atoms. The van der Waals surface area contributed by atoms with Crippen LogP contribution in [0, 0.1) is 0 Å². The third-order valence-electron chi connectivity index (χ3n) is 1.49. The van der Waals surface area contributed by atoms with Gasteiger partial charge in [-0.05, 0) is 0 Å². The van der Waals surface area contributed by atoms with Crippen LogP contribution < -0.4 is 4.74 Å². The Kier molecular flexibility index (Phi) is 3.51. The molecule has 0 heterocycles. The zero-order chi connectivity index (χ0) is 8.10. The number of rotatable bonds is 3. The first-order chi connectivity index (χ1) is 5.38. The number of benzene rings is 1. The molecule has 0 aromatic heterocycles. The van der Waals surface area contributed by atoms with Gasteiger partial charge in [-0.15, -0.1) is 0 Å². The summed E-state index contributed by atoms with van der Waals surface area (Å²) in [4.78, 5) is 0. The number of hydrogen-bond acceptors (Lipinski definition) is 1. The van der Waals surface area contributed by atoms with E-state index in [9.17, 15) is 0 Å². The van der Waals surface area contributed by atoms with Gasteiger partial charge in [0.05, 0.1) is 0 Å². The van der Waals surface area contributed by atoms with Crippen LogP contribution in [0.3, 0.4) is 0 Å². The topological polar surface area (TPSA) is 9.23 Å². The first kappa shape index (κ1) is 8.67. The monoisotopic (exact) mass is 212 g/mol. The Morgan fingerprint density at radius 3 is 2.73 bits per heavy atom. The van der Waals surface area contributed by atoms with Gasteiger partial charge in [0.25, 0.3) is 0 Å². The number of para-hydroxylation sites is 1. The minimum atomic E-state index is 0.754. The molecule has 1 aromatic carbocycles. The summed E-state index contributed by atoms with van der Waals surface area (Å²) in [5.74, 6) is 1.04. The molecule has 2 heteroatoms. The Morgan fingerprint density at radius 2 is 2.09 bits per heavy atom. The molecule has 60 valence electrons. The second-order valence-electron chi connectivity index (χ2n) is 2.24. The fourth-order valence-corrected chi connectivity index (χ4v) is 1.68. The van der Waals surface area contributed by atoms with Crippen molar-refractivity contribution in [1.82, 2.24) is 0 Å². The van der Waals surface area contributed by atoms with Crippen molar-refractivity contribution in [2.24, 2.45) is 0 Å². The first-order valence-electron chi connectivity index (χ1n) is 3.79. The van der Waals surface area contributed by atoms with Gasteiger partial charge in [-0.1, -0.05) is 0 Å². The van der Waals surface area contributed by atoms with Crippen LogP contribution in [0.25, 0.3) is 0 Å². The maximum atomic E-state index is 5.44. The molecule has 1 aromatic rings. The Balaban J connectivity index is 2.83. The van der Waals surface area contributed by atoms with E-state index in [-0.39, 0.29) is 0 Å². The molecule has 0 aliphatic heterocycles. The molecule has 1 rings (SSSR count). The molecule has 0 bridgehead atoms. The Labute approximate surface area is 76.3 Å². The minimum absolute atomic E-state index is 0.754. The van der Waals surface area contributed by atoms with Crippen LogP contribution in [0.15, 0.2) is 24.3 Å². The van der Waals surface area contributed by atoms with Gasteiger partial charge in [0.1, 0.15) is 0 Å². The molecule has 0 amide bonds. The van der Waals surface area contributed by atoms with Gasteiger partial charge >= 0.3 is 75.9 Å². The molecule has 0 radical (unpaired) electrons. The van der Waals surface area contributed by atoms with E-state index in [1.807, 2.05) is 19.1 Å². The fourth-order valence-electron chi connectivity index (χ4n) is 0.969. The predicted octanol–water partition coefficient (Wildman–Crippen LogP) is 1.22. The average Bonchev–Trinajstić information content (AvgIpc) is 2.06. The van der Waals surface area contributed by atoms with Crippen LogP contribution in [-0.4, -0.2) is 23.5 Å². The zero-order valence-electron chi connectivity index (χ0n) is 6.71. The van der Waals surface area contributed by atoms with Gasteiger partial charge in [0.15, 0.2) is 0 Å². The first-order valence-corrected chi connectivity index (χ1v) is 5.50. The SMILES string of the molecule is CCOc1ccccc1C[AsH2]. The molecule has 1 nitrogen and oxygen atoms in total. The van der Waals surface area contributed by atoms with Crippen LogP contribution >= 0.6 is 0 Å². The average molecular weight is 212 g/mol. The van der Waals surface area contributed by atoms with Crippen molar-refractivity contribution in [1.29, 1.82) is 0 Å². The molecular weight excluding hydrogens is 199 g/mol. The molecule has 0 N–H and O–H groups in total. The summed E-state index contributed by atoms with van der Waals surface area (Å²) in [5.41, 5.74) is 1.31. The van der Waals surface area contributed by atoms with E-state index in [2.05, 4.69) is 12.1 Å². The van der Waals surface area contributed by atoms with Gasteiger partial charge in [0, 0.05) is 0 Å². The normalized spacial score (nSPS) is 9.64. The van der Waals surface area contributed by atoms with E-state index in [0.717, 1.165) is 17.6 Å². The molecule has 0 saturated heterocycles. The van der Waals surface area contributed by atoms with Crippen molar-refractivity contribution in [3.05, 3.63) is 29.8 Å². The molecule has 1 atom stereocenters. The van der Waals surface area contributed by atoms with Gasteiger partial charge < -0.3 is 0 Å². The van der Waals surface area contributed by atoms with Crippen LogP contribution in [0.4, 0.5) is 0 Å². The second-order valence-corrected chi connectivity index (χ2v) is 3.10. The zero-order valence-corrected chi connectivity index (χ0v) is 9.13. The van der Waals surface area contributed by atoms with Crippen molar-refractivity contribution in [3.63, 3.8) is 0 Å². The van der Waals surface area contributed by atoms with Gasteiger partial charge in [0.2, 0.25) is 0 Å². The van der Waals surface area contributed by atoms with Gasteiger partial charge in [-0.25, -0.2) is 0 Å². The standard InChI is InChI=1S/C9H13AsO/c1-2-11-9-6-4-3-5-8(9)7-10/h3-6H,2,7,10H2,1H3. The van der Waals surface area contributed by atoms with E-state index in [0.29, 0.717) is 0 Å². The van der Waals surface area contributed by atoms with E-state index >= 15 is 0 Å². The van der Waals surface area contributed by atoms with Crippen molar-refractivity contribution in [2.75, 3.05) is 6.61 Å². The summed E-state index contributed by atoms with van der Waals surface area (Å²) in [7, 11) is 0. The molecular formula is C9H13AsO. The number of hydrogen-bond donors (Lipinski definition) is 0. The quantitative estimate of drug-likeness (QED) is 0.684. The van der Waals surface area contributed by atoms with Crippen LogP contribution in [0.1, 0.15) is 12.5 Å². The Bertz CT molecular complexity index is 223. The third-order valence-corrected chi connectivity index (χ3v) is 2.42. The molecule has 0 aliphatic carbocycles. The summed E-state index contributed by atoms with van der Waals surface area (Å²) in [6.07, 6.45) is 0. The van der Waals surface area contributed by atoms with Crippen molar-refractivity contribution in [2.45, 2.75) is 12.1 Å². The van der Waals surface area contributed by atoms with Crippen LogP contribution in [-0.2, 0) is 5.21 Å². The second kappa shape index (κ2) is 4.46. The summed E-state index contributed by atoms with van der Waals surface area (Å²) in [5, 5.41) is 1.10. The third kappa shape index (κ3) is 2.27. The molecule has 0 aliphatic rings. The van der Waals surface area contributed by atoms with E-state index in [1.54, 1.807) is 16.9 Å². The molecule has 0 spiro atoms. The van der Waals surface area contributed by atoms with Crippen molar-refractivity contribution < 1.29 is 4.74 Å². The van der Waals surface area contributed by atoms with Crippen molar-refractivity contribution >= 4 is 16.9 Å². The van der Waals surface area contributed by atoms with Gasteiger partial charge in [-0.2, -0.15) is 0 Å². The van der Waals surface area contributed by atoms with Crippen molar-refractivity contribution in [3.8, 4) is 5.75 Å². The Hall–Kier alpha value is -0.422. The predicted molar refractivity (Wildman–Crippen MR) is 49.9 cm³/mol. The van der Waals surface area contributed by atoms with E-state index < -0.39 is 0 Å². The number of ether oxygens (including phenoxy) is 1. The summed E-state index contributed by atoms with van der Waals surface area (Å²) >= 11 is 1.72.